The van der Waals surface area contributed by atoms with E-state index in [4.69, 9.17) is 9.47 Å². The predicted molar refractivity (Wildman–Crippen MR) is 84.5 cm³/mol. The monoisotopic (exact) mass is 288 g/mol. The minimum Gasteiger partial charge on any atom is -0.496 e. The van der Waals surface area contributed by atoms with Crippen LogP contribution >= 0.6 is 0 Å². The molecular weight excluding hydrogens is 264 g/mol. The number of ether oxygens (including phenoxy) is 2. The van der Waals surface area contributed by atoms with Gasteiger partial charge in [-0.2, -0.15) is 0 Å². The summed E-state index contributed by atoms with van der Waals surface area (Å²) in [4.78, 5) is 12.1. The molecule has 0 spiro atoms. The first-order valence-electron chi connectivity index (χ1n) is 7.55. The Labute approximate surface area is 127 Å². The first-order chi connectivity index (χ1) is 9.99. The van der Waals surface area contributed by atoms with Crippen LogP contribution in [0.2, 0.25) is 0 Å². The number of rotatable bonds is 4. The fourth-order valence-electron chi connectivity index (χ4n) is 2.93. The third-order valence-corrected chi connectivity index (χ3v) is 4.21. The Balaban J connectivity index is 2.44. The molecule has 0 aliphatic heterocycles. The second-order valence-electron chi connectivity index (χ2n) is 5.68. The number of hydrogen-bond donors (Lipinski definition) is 0. The molecule has 0 heterocycles. The van der Waals surface area contributed by atoms with E-state index in [1.54, 1.807) is 7.11 Å². The molecule has 21 heavy (non-hydrogen) atoms. The summed E-state index contributed by atoms with van der Waals surface area (Å²) in [7, 11) is 1.69. The van der Waals surface area contributed by atoms with Gasteiger partial charge in [0.25, 0.3) is 0 Å². The fraction of sp³-hybridized carbons (Fsp3) is 0.500. The number of benzene rings is 1. The van der Waals surface area contributed by atoms with Gasteiger partial charge in [-0.1, -0.05) is 13.0 Å². The van der Waals surface area contributed by atoms with Crippen molar-refractivity contribution in [1.29, 1.82) is 0 Å². The Morgan fingerprint density at radius 1 is 1.43 bits per heavy atom. The lowest BCUT2D eigenvalue weighted by molar-refractivity contribution is -0.145. The van der Waals surface area contributed by atoms with Crippen molar-refractivity contribution in [3.8, 4) is 5.75 Å². The summed E-state index contributed by atoms with van der Waals surface area (Å²) in [6, 6.07) is 4.24. The minimum atomic E-state index is -0.232. The zero-order valence-corrected chi connectivity index (χ0v) is 13.5. The number of allylic oxidation sites excluding steroid dienone is 1. The molecule has 114 valence electrons. The first kappa shape index (κ1) is 15.6. The van der Waals surface area contributed by atoms with Gasteiger partial charge in [-0.3, -0.25) is 4.79 Å². The van der Waals surface area contributed by atoms with Gasteiger partial charge in [0.1, 0.15) is 5.75 Å². The number of hydrogen-bond acceptors (Lipinski definition) is 3. The number of aryl methyl sites for hydroxylation is 1. The molecule has 0 aromatic heterocycles. The molecule has 2 unspecified atom stereocenters. The number of carbonyl (C=O) groups excluding carboxylic acids is 1. The van der Waals surface area contributed by atoms with Gasteiger partial charge in [0.15, 0.2) is 0 Å². The van der Waals surface area contributed by atoms with Crippen LogP contribution < -0.4 is 4.74 Å². The van der Waals surface area contributed by atoms with Gasteiger partial charge in [0.2, 0.25) is 0 Å². The van der Waals surface area contributed by atoms with Gasteiger partial charge in [-0.25, -0.2) is 0 Å². The van der Waals surface area contributed by atoms with Crippen LogP contribution in [0.1, 0.15) is 49.8 Å². The van der Waals surface area contributed by atoms with E-state index >= 15 is 0 Å². The molecule has 1 aliphatic rings. The molecule has 1 aliphatic carbocycles. The maximum atomic E-state index is 12.1. The largest absolute Gasteiger partial charge is 0.496 e. The van der Waals surface area contributed by atoms with Crippen molar-refractivity contribution in [2.45, 2.75) is 40.0 Å². The zero-order valence-electron chi connectivity index (χ0n) is 13.5. The van der Waals surface area contributed by atoms with Gasteiger partial charge < -0.3 is 9.47 Å². The summed E-state index contributed by atoms with van der Waals surface area (Å²) in [5, 5.41) is 0. The molecule has 0 saturated carbocycles. The highest BCUT2D eigenvalue weighted by molar-refractivity contribution is 5.90. The summed E-state index contributed by atoms with van der Waals surface area (Å²) in [5.41, 5.74) is 4.58. The molecule has 2 rings (SSSR count). The van der Waals surface area contributed by atoms with E-state index in [9.17, 15) is 4.79 Å². The van der Waals surface area contributed by atoms with Crippen LogP contribution in [0.15, 0.2) is 18.2 Å². The molecule has 1 aromatic rings. The predicted octanol–water partition coefficient (Wildman–Crippen LogP) is 4.09. The number of carbonyl (C=O) groups is 1. The Morgan fingerprint density at radius 3 is 2.76 bits per heavy atom. The molecule has 0 fully saturated rings. The molecule has 3 nitrogen and oxygen atoms in total. The molecule has 0 N–H and O–H groups in total. The van der Waals surface area contributed by atoms with Crippen molar-refractivity contribution in [3.63, 3.8) is 0 Å². The summed E-state index contributed by atoms with van der Waals surface area (Å²) in [6.45, 7) is 8.41. The topological polar surface area (TPSA) is 35.5 Å². The Kier molecular flexibility index (Phi) is 4.71. The molecule has 2 atom stereocenters. The van der Waals surface area contributed by atoms with Crippen LogP contribution in [0.5, 0.6) is 5.75 Å². The van der Waals surface area contributed by atoms with E-state index in [0.717, 1.165) is 28.9 Å². The molecule has 3 heteroatoms. The smallest absolute Gasteiger partial charge is 0.313 e. The summed E-state index contributed by atoms with van der Waals surface area (Å²) >= 11 is 0. The van der Waals surface area contributed by atoms with E-state index < -0.39 is 0 Å². The molecule has 1 aromatic carbocycles. The summed E-state index contributed by atoms with van der Waals surface area (Å²) in [5.74, 6) is 0.958. The van der Waals surface area contributed by atoms with Gasteiger partial charge in [-0.15, -0.1) is 0 Å². The van der Waals surface area contributed by atoms with Crippen molar-refractivity contribution in [1.82, 2.24) is 0 Å². The first-order valence-corrected chi connectivity index (χ1v) is 7.55. The maximum absolute atomic E-state index is 12.1. The third kappa shape index (κ3) is 2.97. The van der Waals surface area contributed by atoms with E-state index in [1.165, 1.54) is 5.56 Å². The molecule has 0 saturated heterocycles. The summed E-state index contributed by atoms with van der Waals surface area (Å²) < 4.78 is 10.6. The Morgan fingerprint density at radius 2 is 2.14 bits per heavy atom. The average molecular weight is 288 g/mol. The Bertz CT molecular complexity index is 572. The van der Waals surface area contributed by atoms with Crippen LogP contribution in [-0.4, -0.2) is 19.7 Å². The van der Waals surface area contributed by atoms with Crippen molar-refractivity contribution in [3.05, 3.63) is 34.9 Å². The standard InChI is InChI=1S/C18H24O3/c1-6-21-18(19)13(4)14-8-7-11(2)15-10-17(20-5)12(3)9-16(14)15/h8-11,13H,6-7H2,1-5H3. The van der Waals surface area contributed by atoms with E-state index in [-0.39, 0.29) is 11.9 Å². The van der Waals surface area contributed by atoms with E-state index in [2.05, 4.69) is 25.1 Å². The summed E-state index contributed by atoms with van der Waals surface area (Å²) in [6.07, 6.45) is 3.12. The number of methoxy groups -OCH3 is 1. The normalized spacial score (nSPS) is 18.5. The van der Waals surface area contributed by atoms with Gasteiger partial charge >= 0.3 is 5.97 Å². The second kappa shape index (κ2) is 6.33. The number of fused-ring (bicyclic) bond motifs is 1. The highest BCUT2D eigenvalue weighted by Gasteiger charge is 2.27. The van der Waals surface area contributed by atoms with Crippen molar-refractivity contribution < 1.29 is 14.3 Å². The van der Waals surface area contributed by atoms with Crippen LogP contribution in [-0.2, 0) is 9.53 Å². The highest BCUT2D eigenvalue weighted by Crippen LogP contribution is 2.40. The van der Waals surface area contributed by atoms with Gasteiger partial charge in [0, 0.05) is 0 Å². The van der Waals surface area contributed by atoms with Crippen LogP contribution in [0.3, 0.4) is 0 Å². The highest BCUT2D eigenvalue weighted by atomic mass is 16.5. The molecule has 0 amide bonds. The SMILES string of the molecule is CCOC(=O)C(C)C1=CCC(C)c2cc(OC)c(C)cc21. The average Bonchev–Trinajstić information content (AvgIpc) is 2.47. The Hall–Kier alpha value is -1.77. The van der Waals surface area contributed by atoms with E-state index in [0.29, 0.717) is 12.5 Å². The quantitative estimate of drug-likeness (QED) is 0.783. The maximum Gasteiger partial charge on any atom is 0.313 e. The van der Waals surface area contributed by atoms with E-state index in [1.807, 2.05) is 20.8 Å². The second-order valence-corrected chi connectivity index (χ2v) is 5.68. The lowest BCUT2D eigenvalue weighted by Gasteiger charge is -2.27. The molecule has 0 radical (unpaired) electrons. The zero-order chi connectivity index (χ0) is 15.6. The van der Waals surface area contributed by atoms with Crippen molar-refractivity contribution >= 4 is 11.5 Å². The lowest BCUT2D eigenvalue weighted by atomic mass is 9.79. The van der Waals surface area contributed by atoms with Crippen molar-refractivity contribution in [2.75, 3.05) is 13.7 Å². The van der Waals surface area contributed by atoms with Crippen LogP contribution in [0, 0.1) is 12.8 Å². The minimum absolute atomic E-state index is 0.155. The third-order valence-electron chi connectivity index (χ3n) is 4.21. The van der Waals surface area contributed by atoms with Gasteiger partial charge in [-0.05, 0) is 67.5 Å². The fourth-order valence-corrected chi connectivity index (χ4v) is 2.93. The molecule has 0 bridgehead atoms. The van der Waals surface area contributed by atoms with Gasteiger partial charge in [0.05, 0.1) is 19.6 Å². The van der Waals surface area contributed by atoms with Crippen molar-refractivity contribution in [2.24, 2.45) is 5.92 Å². The van der Waals surface area contributed by atoms with Crippen LogP contribution in [0.4, 0.5) is 0 Å². The lowest BCUT2D eigenvalue weighted by Crippen LogP contribution is -2.19. The van der Waals surface area contributed by atoms with Crippen LogP contribution in [0.25, 0.3) is 5.57 Å². The molecular formula is C18H24O3. The number of esters is 1.